The molecular weight excluding hydrogens is 271 g/mol. The molecule has 0 aromatic heterocycles. The highest BCUT2D eigenvalue weighted by Crippen LogP contribution is 2.28. The van der Waals surface area contributed by atoms with Gasteiger partial charge in [-0.3, -0.25) is 0 Å². The fourth-order valence-corrected chi connectivity index (χ4v) is 1.74. The standard InChI is InChI=1S/C13H18BrFO/c1-4-13(2,3)12(16)7-9-5-6-10(14)8-11(9)15/h5-6,8,12,16H,4,7H2,1-3H3. The average molecular weight is 289 g/mol. The second-order valence-electron chi connectivity index (χ2n) is 4.80. The molecule has 0 amide bonds. The van der Waals surface area contributed by atoms with E-state index in [-0.39, 0.29) is 11.2 Å². The Morgan fingerprint density at radius 1 is 1.44 bits per heavy atom. The lowest BCUT2D eigenvalue weighted by Gasteiger charge is -2.29. The molecule has 1 aromatic rings. The minimum absolute atomic E-state index is 0.181. The van der Waals surface area contributed by atoms with Crippen LogP contribution in [-0.2, 0) is 6.42 Å². The van der Waals surface area contributed by atoms with E-state index in [0.717, 1.165) is 10.9 Å². The molecule has 1 atom stereocenters. The lowest BCUT2D eigenvalue weighted by Crippen LogP contribution is -2.30. The summed E-state index contributed by atoms with van der Waals surface area (Å²) in [7, 11) is 0. The number of halogens is 2. The second kappa shape index (κ2) is 5.28. The van der Waals surface area contributed by atoms with Crippen LogP contribution >= 0.6 is 15.9 Å². The van der Waals surface area contributed by atoms with Gasteiger partial charge in [0, 0.05) is 10.9 Å². The van der Waals surface area contributed by atoms with Crippen molar-refractivity contribution in [2.75, 3.05) is 0 Å². The highest BCUT2D eigenvalue weighted by atomic mass is 79.9. The first-order valence-corrected chi connectivity index (χ1v) is 6.28. The predicted octanol–water partition coefficient (Wildman–Crippen LogP) is 3.93. The molecule has 0 fully saturated rings. The van der Waals surface area contributed by atoms with E-state index in [9.17, 15) is 9.50 Å². The fraction of sp³-hybridized carbons (Fsp3) is 0.538. The molecule has 1 unspecified atom stereocenters. The van der Waals surface area contributed by atoms with Crippen LogP contribution in [0.4, 0.5) is 4.39 Å². The Hall–Kier alpha value is -0.410. The quantitative estimate of drug-likeness (QED) is 0.890. The molecule has 0 saturated heterocycles. The summed E-state index contributed by atoms with van der Waals surface area (Å²) in [5.74, 6) is -0.264. The Balaban J connectivity index is 2.81. The molecular formula is C13H18BrFO. The Labute approximate surface area is 105 Å². The van der Waals surface area contributed by atoms with Crippen molar-refractivity contribution >= 4 is 15.9 Å². The summed E-state index contributed by atoms with van der Waals surface area (Å²) in [5.41, 5.74) is 0.386. The largest absolute Gasteiger partial charge is 0.392 e. The van der Waals surface area contributed by atoms with Crippen molar-refractivity contribution in [3.63, 3.8) is 0 Å². The summed E-state index contributed by atoms with van der Waals surface area (Å²) in [6.07, 6.45) is 0.708. The van der Waals surface area contributed by atoms with Crippen molar-refractivity contribution < 1.29 is 9.50 Å². The number of hydrogen-bond donors (Lipinski definition) is 1. The van der Waals surface area contributed by atoms with Crippen molar-refractivity contribution in [2.45, 2.75) is 39.7 Å². The van der Waals surface area contributed by atoms with Crippen LogP contribution in [0.2, 0.25) is 0 Å². The Morgan fingerprint density at radius 2 is 2.06 bits per heavy atom. The molecule has 90 valence electrons. The SMILES string of the molecule is CCC(C)(C)C(O)Cc1ccc(Br)cc1F. The van der Waals surface area contributed by atoms with Gasteiger partial charge in [-0.15, -0.1) is 0 Å². The van der Waals surface area contributed by atoms with Crippen LogP contribution in [0.5, 0.6) is 0 Å². The zero-order valence-electron chi connectivity index (χ0n) is 9.93. The maximum Gasteiger partial charge on any atom is 0.127 e. The molecule has 0 aliphatic carbocycles. The topological polar surface area (TPSA) is 20.2 Å². The van der Waals surface area contributed by atoms with Crippen molar-refractivity contribution in [3.05, 3.63) is 34.1 Å². The third-order valence-electron chi connectivity index (χ3n) is 3.24. The van der Waals surface area contributed by atoms with Crippen LogP contribution in [0.15, 0.2) is 22.7 Å². The maximum atomic E-state index is 13.6. The molecule has 3 heteroatoms. The molecule has 0 spiro atoms. The molecule has 0 aliphatic heterocycles. The number of aliphatic hydroxyl groups excluding tert-OH is 1. The van der Waals surface area contributed by atoms with Crippen LogP contribution in [0.1, 0.15) is 32.8 Å². The molecule has 0 heterocycles. The van der Waals surface area contributed by atoms with Gasteiger partial charge in [0.25, 0.3) is 0 Å². The molecule has 0 saturated carbocycles. The smallest absolute Gasteiger partial charge is 0.127 e. The number of benzene rings is 1. The summed E-state index contributed by atoms with van der Waals surface area (Å²) < 4.78 is 14.3. The Kier molecular flexibility index (Phi) is 4.51. The first-order valence-electron chi connectivity index (χ1n) is 5.49. The van der Waals surface area contributed by atoms with Crippen LogP contribution in [0.25, 0.3) is 0 Å². The summed E-state index contributed by atoms with van der Waals surface area (Å²) in [5, 5.41) is 10.0. The van der Waals surface area contributed by atoms with Gasteiger partial charge in [-0.1, -0.05) is 42.8 Å². The highest BCUT2D eigenvalue weighted by molar-refractivity contribution is 9.10. The zero-order valence-corrected chi connectivity index (χ0v) is 11.5. The predicted molar refractivity (Wildman–Crippen MR) is 67.9 cm³/mol. The van der Waals surface area contributed by atoms with Gasteiger partial charge < -0.3 is 5.11 Å². The first-order chi connectivity index (χ1) is 7.36. The van der Waals surface area contributed by atoms with Gasteiger partial charge >= 0.3 is 0 Å². The van der Waals surface area contributed by atoms with Crippen LogP contribution in [0.3, 0.4) is 0 Å². The van der Waals surface area contributed by atoms with E-state index >= 15 is 0 Å². The minimum atomic E-state index is -0.520. The number of rotatable bonds is 4. The summed E-state index contributed by atoms with van der Waals surface area (Å²) in [6.45, 7) is 6.02. The van der Waals surface area contributed by atoms with Crippen molar-refractivity contribution in [1.82, 2.24) is 0 Å². The van der Waals surface area contributed by atoms with Gasteiger partial charge in [0.15, 0.2) is 0 Å². The average Bonchev–Trinajstić information content (AvgIpc) is 2.22. The summed E-state index contributed by atoms with van der Waals surface area (Å²) >= 11 is 3.21. The molecule has 1 rings (SSSR count). The van der Waals surface area contributed by atoms with E-state index in [4.69, 9.17) is 0 Å². The van der Waals surface area contributed by atoms with E-state index in [2.05, 4.69) is 15.9 Å². The fourth-order valence-electron chi connectivity index (χ4n) is 1.41. The zero-order chi connectivity index (χ0) is 12.3. The molecule has 0 radical (unpaired) electrons. The highest BCUT2D eigenvalue weighted by Gasteiger charge is 2.26. The molecule has 1 N–H and O–H groups in total. The van der Waals surface area contributed by atoms with Gasteiger partial charge in [0.1, 0.15) is 5.82 Å². The van der Waals surface area contributed by atoms with E-state index < -0.39 is 6.10 Å². The van der Waals surface area contributed by atoms with Gasteiger partial charge in [-0.25, -0.2) is 4.39 Å². The van der Waals surface area contributed by atoms with Crippen molar-refractivity contribution in [1.29, 1.82) is 0 Å². The van der Waals surface area contributed by atoms with Crippen LogP contribution in [0, 0.1) is 11.2 Å². The Morgan fingerprint density at radius 3 is 2.56 bits per heavy atom. The van der Waals surface area contributed by atoms with E-state index in [1.165, 1.54) is 6.07 Å². The van der Waals surface area contributed by atoms with Crippen LogP contribution in [-0.4, -0.2) is 11.2 Å². The van der Waals surface area contributed by atoms with E-state index in [0.29, 0.717) is 12.0 Å². The van der Waals surface area contributed by atoms with Gasteiger partial charge in [-0.2, -0.15) is 0 Å². The van der Waals surface area contributed by atoms with E-state index in [1.54, 1.807) is 12.1 Å². The third kappa shape index (κ3) is 3.29. The van der Waals surface area contributed by atoms with E-state index in [1.807, 2.05) is 20.8 Å². The lowest BCUT2D eigenvalue weighted by atomic mass is 9.81. The normalized spacial score (nSPS) is 13.9. The maximum absolute atomic E-state index is 13.6. The molecule has 1 aromatic carbocycles. The molecule has 0 bridgehead atoms. The monoisotopic (exact) mass is 288 g/mol. The summed E-state index contributed by atoms with van der Waals surface area (Å²) in [6, 6.07) is 4.94. The summed E-state index contributed by atoms with van der Waals surface area (Å²) in [4.78, 5) is 0. The van der Waals surface area contributed by atoms with Crippen LogP contribution < -0.4 is 0 Å². The minimum Gasteiger partial charge on any atom is -0.392 e. The number of aliphatic hydroxyl groups is 1. The van der Waals surface area contributed by atoms with Gasteiger partial charge in [-0.05, 0) is 29.5 Å². The van der Waals surface area contributed by atoms with Gasteiger partial charge in [0.2, 0.25) is 0 Å². The molecule has 1 nitrogen and oxygen atoms in total. The molecule has 16 heavy (non-hydrogen) atoms. The van der Waals surface area contributed by atoms with Crippen molar-refractivity contribution in [3.8, 4) is 0 Å². The molecule has 0 aliphatic rings. The lowest BCUT2D eigenvalue weighted by molar-refractivity contribution is 0.0473. The first kappa shape index (κ1) is 13.7. The third-order valence-corrected chi connectivity index (χ3v) is 3.73. The Bertz CT molecular complexity index is 363. The second-order valence-corrected chi connectivity index (χ2v) is 5.71. The van der Waals surface area contributed by atoms with Crippen molar-refractivity contribution in [2.24, 2.45) is 5.41 Å². The van der Waals surface area contributed by atoms with Gasteiger partial charge in [0.05, 0.1) is 6.10 Å². The number of hydrogen-bond acceptors (Lipinski definition) is 1.